The average Bonchev–Trinajstić information content (AvgIpc) is 3.47. The number of fused-ring (bicyclic) bond motifs is 3. The second-order valence-electron chi connectivity index (χ2n) is 14.7. The zero-order valence-electron chi connectivity index (χ0n) is 32.6. The summed E-state index contributed by atoms with van der Waals surface area (Å²) in [5.74, 6) is -5.30. The number of rotatable bonds is 11. The molecule has 8 rings (SSSR count). The van der Waals surface area contributed by atoms with Gasteiger partial charge in [-0.05, 0) is 42.1 Å². The number of hydrogen-bond donors (Lipinski definition) is 6. The second-order valence-corrected chi connectivity index (χ2v) is 22.4. The molecule has 0 atom stereocenters. The monoisotopic (exact) mass is 998 g/mol. The summed E-state index contributed by atoms with van der Waals surface area (Å²) in [5.41, 5.74) is -5.83. The number of anilines is 2. The zero-order chi connectivity index (χ0) is 48.2. The quantitative estimate of drug-likeness (QED) is 0.0799. The second kappa shape index (κ2) is 15.5. The van der Waals surface area contributed by atoms with E-state index in [4.69, 9.17) is 0 Å². The van der Waals surface area contributed by atoms with Gasteiger partial charge in [-0.25, -0.2) is 13.4 Å². The third-order valence-corrected chi connectivity index (χ3v) is 16.2. The molecular weight excluding hydrogens is 973 g/mol. The van der Waals surface area contributed by atoms with Crippen molar-refractivity contribution in [2.45, 2.75) is 30.9 Å². The number of hydrogen-bond acceptors (Lipinski definition) is 17. The van der Waals surface area contributed by atoms with E-state index in [0.29, 0.717) is 6.07 Å². The number of aromatic nitrogens is 1. The van der Waals surface area contributed by atoms with Gasteiger partial charge in [0.25, 0.3) is 46.0 Å². The number of Topliss-reactive ketones (excluding diaryl/α,β-unsaturated/α-hetero) is 2. The van der Waals surface area contributed by atoms with E-state index in [2.05, 4.69) is 10.3 Å². The molecule has 0 aromatic heterocycles. The van der Waals surface area contributed by atoms with Crippen LogP contribution >= 0.6 is 0 Å². The first-order valence-corrected chi connectivity index (χ1v) is 25.8. The Hall–Kier alpha value is -6.62. The van der Waals surface area contributed by atoms with Gasteiger partial charge < -0.3 is 10.4 Å². The Morgan fingerprint density at radius 2 is 1.14 bits per heavy atom. The normalized spacial score (nSPS) is 14.6. The number of carbonyl (C=O) groups is 2. The number of aliphatic hydroxyl groups excluding tert-OH is 1. The first-order valence-electron chi connectivity index (χ1n) is 18.4. The molecular formula is C40H26N2O19S5. The van der Waals surface area contributed by atoms with Crippen LogP contribution in [0.2, 0.25) is 0 Å². The number of nitrogens with one attached hydrogen (secondary N) is 1. The minimum Gasteiger partial charge on any atom is -0.506 e. The number of nitrogens with zero attached hydrogens (tertiary/aromatic N) is 1. The number of ketones is 2. The van der Waals surface area contributed by atoms with Crippen molar-refractivity contribution < 1.29 is 75.0 Å². The van der Waals surface area contributed by atoms with Crippen LogP contribution in [-0.2, 0) is 50.3 Å². The molecule has 5 aromatic carbocycles. The number of sulfone groups is 1. The molecule has 340 valence electrons. The van der Waals surface area contributed by atoms with E-state index in [1.807, 2.05) is 0 Å². The van der Waals surface area contributed by atoms with Gasteiger partial charge in [0.2, 0.25) is 0 Å². The summed E-state index contributed by atoms with van der Waals surface area (Å²) >= 11 is 0. The van der Waals surface area contributed by atoms with Crippen molar-refractivity contribution in [3.63, 3.8) is 0 Å². The molecule has 0 unspecified atom stereocenters. The predicted octanol–water partition coefficient (Wildman–Crippen LogP) is 2.29. The SMILES string of the molecule is O=C1c2ccccc2C(=O)C1CCS(=O)(=O)c1cc(Nc2cc(S(=O)(=O)O)c3nc(=O)c(=C(O)c4cccc(S(=O)(=O)O)c4)c4c5ccccc5c(=O)c2c3=4)c(S(=O)(=O)O)cc1S(=O)(=O)O. The Kier molecular flexibility index (Phi) is 10.8. The molecule has 0 bridgehead atoms. The maximum Gasteiger partial charge on any atom is 0.296 e. The summed E-state index contributed by atoms with van der Waals surface area (Å²) < 4.78 is 170. The molecule has 0 amide bonds. The highest BCUT2D eigenvalue weighted by Crippen LogP contribution is 2.38. The first kappa shape index (κ1) is 45.9. The molecule has 0 fully saturated rings. The molecule has 66 heavy (non-hydrogen) atoms. The Bertz CT molecular complexity index is 4170. The van der Waals surface area contributed by atoms with E-state index in [9.17, 15) is 84.6 Å². The van der Waals surface area contributed by atoms with Gasteiger partial charge in [-0.2, -0.15) is 33.7 Å². The predicted molar refractivity (Wildman–Crippen MR) is 229 cm³/mol. The van der Waals surface area contributed by atoms with E-state index in [1.165, 1.54) is 48.5 Å². The van der Waals surface area contributed by atoms with Gasteiger partial charge in [0.05, 0.1) is 49.0 Å². The van der Waals surface area contributed by atoms with Gasteiger partial charge in [-0.3, -0.25) is 37.4 Å². The molecule has 0 spiro atoms. The summed E-state index contributed by atoms with van der Waals surface area (Å²) in [4.78, 5) is 51.8. The molecule has 1 heterocycles. The van der Waals surface area contributed by atoms with Gasteiger partial charge in [0, 0.05) is 32.5 Å². The lowest BCUT2D eigenvalue weighted by Gasteiger charge is -2.18. The lowest BCUT2D eigenvalue weighted by molar-refractivity contribution is 0.0835. The van der Waals surface area contributed by atoms with Crippen molar-refractivity contribution >= 4 is 101 Å². The van der Waals surface area contributed by atoms with Crippen molar-refractivity contribution in [2.24, 2.45) is 5.92 Å². The smallest absolute Gasteiger partial charge is 0.296 e. The van der Waals surface area contributed by atoms with E-state index in [1.54, 1.807) is 0 Å². The van der Waals surface area contributed by atoms with Crippen molar-refractivity contribution in [3.8, 4) is 0 Å². The van der Waals surface area contributed by atoms with Crippen LogP contribution in [0.5, 0.6) is 0 Å². The molecule has 0 radical (unpaired) electrons. The van der Waals surface area contributed by atoms with Gasteiger partial charge >= 0.3 is 0 Å². The molecule has 1 aliphatic heterocycles. The minimum absolute atomic E-state index is 0.00953. The van der Waals surface area contributed by atoms with Crippen LogP contribution in [0, 0.1) is 16.4 Å². The van der Waals surface area contributed by atoms with Crippen LogP contribution in [0.15, 0.2) is 125 Å². The summed E-state index contributed by atoms with van der Waals surface area (Å²) in [6, 6.07) is 15.3. The highest BCUT2D eigenvalue weighted by molar-refractivity contribution is 7.93. The molecule has 3 aliphatic rings. The fraction of sp³-hybridized carbons (Fsp3) is 0.0750. The lowest BCUT2D eigenvalue weighted by atomic mass is 9.96. The highest BCUT2D eigenvalue weighted by atomic mass is 32.2. The third-order valence-electron chi connectivity index (χ3n) is 10.8. The largest absolute Gasteiger partial charge is 0.506 e. The van der Waals surface area contributed by atoms with Crippen LogP contribution in [0.3, 0.4) is 0 Å². The Labute approximate surface area is 370 Å². The number of aliphatic hydroxyl groups is 1. The molecule has 5 aromatic rings. The van der Waals surface area contributed by atoms with Crippen molar-refractivity contribution in [3.05, 3.63) is 144 Å². The van der Waals surface area contributed by atoms with Gasteiger partial charge in [0.15, 0.2) is 26.8 Å². The van der Waals surface area contributed by atoms with Crippen LogP contribution in [0.1, 0.15) is 32.7 Å². The molecule has 0 saturated carbocycles. The van der Waals surface area contributed by atoms with Crippen LogP contribution in [0.25, 0.3) is 27.4 Å². The van der Waals surface area contributed by atoms with E-state index in [0.717, 1.165) is 24.3 Å². The molecule has 2 aliphatic carbocycles. The zero-order valence-corrected chi connectivity index (χ0v) is 36.7. The summed E-state index contributed by atoms with van der Waals surface area (Å²) in [7, 11) is -27.1. The van der Waals surface area contributed by atoms with Crippen LogP contribution in [-0.4, -0.2) is 87.7 Å². The molecule has 6 N–H and O–H groups in total. The summed E-state index contributed by atoms with van der Waals surface area (Å²) in [6.45, 7) is 0. The fourth-order valence-electron chi connectivity index (χ4n) is 7.89. The Morgan fingerprint density at radius 1 is 0.576 bits per heavy atom. The molecule has 0 saturated heterocycles. The topological polar surface area (TPSA) is 365 Å². The fourth-order valence-corrected chi connectivity index (χ4v) is 12.5. The van der Waals surface area contributed by atoms with Gasteiger partial charge in [-0.1, -0.05) is 60.7 Å². The van der Waals surface area contributed by atoms with Crippen LogP contribution < -0.4 is 21.5 Å². The molecule has 26 heteroatoms. The standard InChI is InChI=1S/C40H26N2O19S5/c43-36(18-6-5-7-19(14-18)63(50,51)52)34-31-20-8-1-2-9-21(20)39(46)32-26(16-30(66(59,60)61)35(33(31)32)42-40(34)47)41-25-15-28(29(65(56,57)58)17-27(25)64(53,54)55)62(48,49)13-12-24-37(44)22-10-3-4-11-23(22)38(24)45/h1-11,14-17,24,41,43H,12-13H2,(H,50,51,52)(H,53,54,55)(H,56,57,58)(H,59,60,61). The van der Waals surface area contributed by atoms with Gasteiger partial charge in [0.1, 0.15) is 20.4 Å². The third kappa shape index (κ3) is 7.75. The summed E-state index contributed by atoms with van der Waals surface area (Å²) in [6.07, 6.45) is -0.757. The Balaban J connectivity index is 1.45. The van der Waals surface area contributed by atoms with Crippen molar-refractivity contribution in [2.75, 3.05) is 11.1 Å². The average molecular weight is 999 g/mol. The van der Waals surface area contributed by atoms with Crippen LogP contribution in [0.4, 0.5) is 11.4 Å². The van der Waals surface area contributed by atoms with Crippen molar-refractivity contribution in [1.29, 1.82) is 0 Å². The summed E-state index contributed by atoms with van der Waals surface area (Å²) in [5, 5.41) is 10.8. The minimum atomic E-state index is -5.74. The van der Waals surface area contributed by atoms with E-state index >= 15 is 0 Å². The Morgan fingerprint density at radius 3 is 1.71 bits per heavy atom. The van der Waals surface area contributed by atoms with Crippen molar-refractivity contribution in [1.82, 2.24) is 4.98 Å². The highest BCUT2D eigenvalue weighted by Gasteiger charge is 2.40. The number of carbonyl (C=O) groups excluding carboxylic acids is 2. The number of benzene rings is 5. The maximum atomic E-state index is 14.5. The molecule has 21 nitrogen and oxygen atoms in total. The van der Waals surface area contributed by atoms with E-state index < -0.39 is 165 Å². The lowest BCUT2D eigenvalue weighted by Crippen LogP contribution is -2.33. The van der Waals surface area contributed by atoms with E-state index in [-0.39, 0.29) is 34.0 Å². The van der Waals surface area contributed by atoms with Gasteiger partial charge in [-0.15, -0.1) is 0 Å². The first-order chi connectivity index (χ1) is 30.6. The maximum absolute atomic E-state index is 14.5.